The molecule has 1 aromatic carbocycles. The Morgan fingerprint density at radius 2 is 1.95 bits per heavy atom. The molecule has 0 atom stereocenters. The Bertz CT molecular complexity index is 535. The molecule has 4 heteroatoms. The zero-order chi connectivity index (χ0) is 15.2. The molecular weight excluding hydrogens is 254 g/mol. The van der Waals surface area contributed by atoms with Gasteiger partial charge in [0.1, 0.15) is 11.4 Å². The van der Waals surface area contributed by atoms with Gasteiger partial charge in [0, 0.05) is 12.8 Å². The van der Waals surface area contributed by atoms with E-state index < -0.39 is 5.60 Å². The number of carbonyl (C=O) groups excluding carboxylic acids is 2. The Hall–Kier alpha value is -2.15. The summed E-state index contributed by atoms with van der Waals surface area (Å²) in [6.07, 6.45) is 0.502. The first kappa shape index (κ1) is 15.9. The Morgan fingerprint density at radius 1 is 1.25 bits per heavy atom. The van der Waals surface area contributed by atoms with Crippen LogP contribution < -0.4 is 0 Å². The van der Waals surface area contributed by atoms with E-state index in [1.165, 1.54) is 0 Å². The molecule has 1 aromatic rings. The van der Waals surface area contributed by atoms with E-state index in [0.717, 1.165) is 5.56 Å². The van der Waals surface area contributed by atoms with Gasteiger partial charge >= 0.3 is 5.97 Å². The summed E-state index contributed by atoms with van der Waals surface area (Å²) in [6, 6.07) is 6.95. The summed E-state index contributed by atoms with van der Waals surface area (Å²) in [6.45, 7) is 12.3. The molecule has 0 aromatic heterocycles. The lowest BCUT2D eigenvalue weighted by atomic mass is 10.1. The average Bonchev–Trinajstić information content (AvgIpc) is 2.34. The van der Waals surface area contributed by atoms with Crippen molar-refractivity contribution in [1.29, 1.82) is 0 Å². The summed E-state index contributed by atoms with van der Waals surface area (Å²) in [4.78, 5) is 26.6. The second-order valence-electron chi connectivity index (χ2n) is 5.58. The largest absolute Gasteiger partial charge is 0.460 e. The first-order chi connectivity index (χ1) is 9.30. The Morgan fingerprint density at radius 3 is 2.55 bits per heavy atom. The fourth-order valence-electron chi connectivity index (χ4n) is 1.69. The molecule has 0 heterocycles. The van der Waals surface area contributed by atoms with Crippen molar-refractivity contribution in [3.63, 3.8) is 0 Å². The number of carbonyl (C=O) groups is 2. The van der Waals surface area contributed by atoms with Gasteiger partial charge in [-0.05, 0) is 20.8 Å². The number of esters is 1. The van der Waals surface area contributed by atoms with Gasteiger partial charge in [-0.3, -0.25) is 9.59 Å². The molecule has 0 N–H and O–H groups in total. The molecule has 0 fully saturated rings. The molecule has 0 amide bonds. The van der Waals surface area contributed by atoms with Crippen molar-refractivity contribution in [2.75, 3.05) is 0 Å². The molecule has 4 nitrogen and oxygen atoms in total. The third-order valence-electron chi connectivity index (χ3n) is 2.47. The van der Waals surface area contributed by atoms with Crippen LogP contribution in [0.4, 0.5) is 5.69 Å². The molecule has 0 aliphatic heterocycles. The van der Waals surface area contributed by atoms with Crippen molar-refractivity contribution in [3.05, 3.63) is 41.2 Å². The van der Waals surface area contributed by atoms with Crippen LogP contribution in [0, 0.1) is 6.57 Å². The van der Waals surface area contributed by atoms with E-state index in [0.29, 0.717) is 5.69 Å². The van der Waals surface area contributed by atoms with Crippen molar-refractivity contribution >= 4 is 17.4 Å². The summed E-state index contributed by atoms with van der Waals surface area (Å²) < 4.78 is 5.14. The van der Waals surface area contributed by atoms with Gasteiger partial charge in [-0.15, -0.1) is 0 Å². The molecule has 0 radical (unpaired) electrons. The van der Waals surface area contributed by atoms with Crippen molar-refractivity contribution in [2.24, 2.45) is 0 Å². The summed E-state index contributed by atoms with van der Waals surface area (Å²) in [7, 11) is 0. The predicted molar refractivity (Wildman–Crippen MR) is 76.5 cm³/mol. The highest BCUT2D eigenvalue weighted by Crippen LogP contribution is 2.15. The highest BCUT2D eigenvalue weighted by atomic mass is 16.6. The Balaban J connectivity index is 2.44. The van der Waals surface area contributed by atoms with Crippen LogP contribution in [-0.2, 0) is 20.7 Å². The van der Waals surface area contributed by atoms with Crippen LogP contribution >= 0.6 is 0 Å². The van der Waals surface area contributed by atoms with Crippen molar-refractivity contribution in [1.82, 2.24) is 0 Å². The van der Waals surface area contributed by atoms with Crippen molar-refractivity contribution < 1.29 is 14.3 Å². The lowest BCUT2D eigenvalue weighted by molar-refractivity contribution is -0.155. The highest BCUT2D eigenvalue weighted by Gasteiger charge is 2.17. The lowest BCUT2D eigenvalue weighted by Gasteiger charge is -2.19. The first-order valence-corrected chi connectivity index (χ1v) is 6.50. The van der Waals surface area contributed by atoms with E-state index in [2.05, 4.69) is 4.85 Å². The van der Waals surface area contributed by atoms with Gasteiger partial charge in [-0.1, -0.05) is 29.8 Å². The van der Waals surface area contributed by atoms with E-state index in [1.807, 2.05) is 0 Å². The van der Waals surface area contributed by atoms with Crippen LogP contribution in [-0.4, -0.2) is 17.4 Å². The molecule has 0 aliphatic carbocycles. The SMILES string of the molecule is [C-]#[N+]c1cccc(CC(=O)CCC(=O)OC(C)(C)C)c1. The molecule has 20 heavy (non-hydrogen) atoms. The Kier molecular flexibility index (Phi) is 5.45. The quantitative estimate of drug-likeness (QED) is 0.609. The summed E-state index contributed by atoms with van der Waals surface area (Å²) >= 11 is 0. The average molecular weight is 273 g/mol. The summed E-state index contributed by atoms with van der Waals surface area (Å²) in [5.74, 6) is -0.390. The molecule has 0 aliphatic rings. The number of rotatable bonds is 5. The monoisotopic (exact) mass is 273 g/mol. The van der Waals surface area contributed by atoms with Gasteiger partial charge in [-0.2, -0.15) is 0 Å². The van der Waals surface area contributed by atoms with E-state index in [-0.39, 0.29) is 31.0 Å². The molecule has 106 valence electrons. The maximum absolute atomic E-state index is 11.8. The summed E-state index contributed by atoms with van der Waals surface area (Å²) in [5, 5.41) is 0. The number of hydrogen-bond acceptors (Lipinski definition) is 3. The van der Waals surface area contributed by atoms with Crippen LogP contribution in [0.1, 0.15) is 39.2 Å². The second-order valence-corrected chi connectivity index (χ2v) is 5.58. The third-order valence-corrected chi connectivity index (χ3v) is 2.47. The summed E-state index contributed by atoms with van der Waals surface area (Å²) in [5.41, 5.74) is 0.791. The zero-order valence-electron chi connectivity index (χ0n) is 12.1. The van der Waals surface area contributed by atoms with E-state index in [1.54, 1.807) is 45.0 Å². The minimum absolute atomic E-state index is 0.0296. The van der Waals surface area contributed by atoms with Crippen LogP contribution in [0.3, 0.4) is 0 Å². The molecule has 0 unspecified atom stereocenters. The maximum Gasteiger partial charge on any atom is 0.306 e. The highest BCUT2D eigenvalue weighted by molar-refractivity contribution is 5.84. The third kappa shape index (κ3) is 6.14. The van der Waals surface area contributed by atoms with Crippen LogP contribution in [0.15, 0.2) is 24.3 Å². The number of benzene rings is 1. The van der Waals surface area contributed by atoms with Gasteiger partial charge in [0.15, 0.2) is 5.69 Å². The van der Waals surface area contributed by atoms with Crippen LogP contribution in [0.25, 0.3) is 4.85 Å². The minimum Gasteiger partial charge on any atom is -0.460 e. The molecule has 1 rings (SSSR count). The fraction of sp³-hybridized carbons (Fsp3) is 0.438. The number of hydrogen-bond donors (Lipinski definition) is 0. The molecule has 0 saturated carbocycles. The number of ether oxygens (including phenoxy) is 1. The van der Waals surface area contributed by atoms with E-state index in [4.69, 9.17) is 11.3 Å². The Labute approximate surface area is 119 Å². The van der Waals surface area contributed by atoms with Gasteiger partial charge in [0.25, 0.3) is 0 Å². The van der Waals surface area contributed by atoms with Crippen LogP contribution in [0.5, 0.6) is 0 Å². The fourth-order valence-corrected chi connectivity index (χ4v) is 1.69. The number of nitrogens with zero attached hydrogens (tertiary/aromatic N) is 1. The number of Topliss-reactive ketones (excluding diaryl/α,β-unsaturated/α-hetero) is 1. The molecule has 0 saturated heterocycles. The minimum atomic E-state index is -0.524. The molecular formula is C16H19NO3. The second kappa shape index (κ2) is 6.85. The van der Waals surface area contributed by atoms with Gasteiger partial charge in [-0.25, -0.2) is 4.85 Å². The number of ketones is 1. The van der Waals surface area contributed by atoms with Gasteiger partial charge in [0.05, 0.1) is 13.0 Å². The van der Waals surface area contributed by atoms with Gasteiger partial charge < -0.3 is 4.74 Å². The van der Waals surface area contributed by atoms with E-state index >= 15 is 0 Å². The van der Waals surface area contributed by atoms with Gasteiger partial charge in [0.2, 0.25) is 0 Å². The van der Waals surface area contributed by atoms with Crippen molar-refractivity contribution in [2.45, 2.75) is 45.6 Å². The lowest BCUT2D eigenvalue weighted by Crippen LogP contribution is -2.24. The molecule has 0 bridgehead atoms. The van der Waals surface area contributed by atoms with E-state index in [9.17, 15) is 9.59 Å². The zero-order valence-corrected chi connectivity index (χ0v) is 12.1. The van der Waals surface area contributed by atoms with Crippen molar-refractivity contribution in [3.8, 4) is 0 Å². The normalized spacial score (nSPS) is 10.7. The molecule has 0 spiro atoms. The first-order valence-electron chi connectivity index (χ1n) is 6.50. The van der Waals surface area contributed by atoms with Crippen LogP contribution in [0.2, 0.25) is 0 Å². The predicted octanol–water partition coefficient (Wildman–Crippen LogP) is 3.47. The topological polar surface area (TPSA) is 47.7 Å². The standard InChI is InChI=1S/C16H19NO3/c1-16(2,3)20-15(19)9-8-14(18)11-12-6-5-7-13(10-12)17-4/h5-7,10H,8-9,11H2,1-3H3. The maximum atomic E-state index is 11.8. The smallest absolute Gasteiger partial charge is 0.306 e.